The van der Waals surface area contributed by atoms with E-state index in [2.05, 4.69) is 17.2 Å². The minimum atomic E-state index is -1.32. The van der Waals surface area contributed by atoms with Crippen LogP contribution in [0.25, 0.3) is 0 Å². The predicted molar refractivity (Wildman–Crippen MR) is 121 cm³/mol. The molecule has 0 atom stereocenters. The van der Waals surface area contributed by atoms with Gasteiger partial charge in [0.2, 0.25) is 0 Å². The highest BCUT2D eigenvalue weighted by atomic mass is 35.5. The van der Waals surface area contributed by atoms with Gasteiger partial charge >= 0.3 is 5.97 Å². The molecular weight excluding hydrogens is 445 g/mol. The normalized spacial score (nSPS) is 10.8. The van der Waals surface area contributed by atoms with E-state index < -0.39 is 11.9 Å². The highest BCUT2D eigenvalue weighted by molar-refractivity contribution is 7.15. The molecule has 1 aromatic heterocycles. The Morgan fingerprint density at radius 2 is 1.73 bits per heavy atom. The number of nitrogens with zero attached hydrogens (tertiary/aromatic N) is 1. The third-order valence-corrected chi connectivity index (χ3v) is 5.96. The summed E-state index contributed by atoms with van der Waals surface area (Å²) in [7, 11) is 0. The van der Waals surface area contributed by atoms with Gasteiger partial charge in [0.1, 0.15) is 0 Å². The number of carbonyl (C=O) groups is 2. The monoisotopic (exact) mass is 463 g/mol. The molecule has 3 aromatic rings. The Morgan fingerprint density at radius 3 is 2.33 bits per heavy atom. The van der Waals surface area contributed by atoms with Gasteiger partial charge in [0.25, 0.3) is 5.91 Å². The van der Waals surface area contributed by atoms with Crippen molar-refractivity contribution in [3.63, 3.8) is 0 Å². The van der Waals surface area contributed by atoms with Crippen LogP contribution < -0.4 is 11.1 Å². The van der Waals surface area contributed by atoms with Crippen LogP contribution in [0.3, 0.4) is 0 Å². The van der Waals surface area contributed by atoms with Crippen LogP contribution in [0.2, 0.25) is 10.0 Å². The molecule has 4 N–H and O–H groups in total. The number of rotatable bonds is 7. The summed E-state index contributed by atoms with van der Waals surface area (Å²) in [6, 6.07) is 10.0. The molecule has 0 fully saturated rings. The van der Waals surface area contributed by atoms with Gasteiger partial charge in [-0.25, -0.2) is 9.78 Å². The summed E-state index contributed by atoms with van der Waals surface area (Å²) in [5.41, 5.74) is 7.92. The van der Waals surface area contributed by atoms with Crippen molar-refractivity contribution in [3.8, 4) is 0 Å². The number of hydrogen-bond donors (Lipinski definition) is 3. The summed E-state index contributed by atoms with van der Waals surface area (Å²) in [6.45, 7) is 2.10. The van der Waals surface area contributed by atoms with E-state index in [0.717, 1.165) is 29.0 Å². The van der Waals surface area contributed by atoms with Crippen molar-refractivity contribution in [3.05, 3.63) is 73.7 Å². The Labute approximate surface area is 187 Å². The second-order valence-electron chi connectivity index (χ2n) is 6.58. The Balaban J connectivity index is 1.78. The van der Waals surface area contributed by atoms with Gasteiger partial charge in [-0.05, 0) is 36.2 Å². The van der Waals surface area contributed by atoms with Crippen LogP contribution in [0.4, 0.5) is 10.8 Å². The number of carboxylic acids is 1. The van der Waals surface area contributed by atoms with Gasteiger partial charge in [0.05, 0.1) is 26.9 Å². The molecule has 1 heterocycles. The van der Waals surface area contributed by atoms with Gasteiger partial charge in [-0.3, -0.25) is 4.79 Å². The number of thiazole rings is 1. The zero-order valence-electron chi connectivity index (χ0n) is 16.0. The molecule has 1 amide bonds. The lowest BCUT2D eigenvalue weighted by atomic mass is 10.1. The number of nitrogens with two attached hydrogens (primary N) is 1. The van der Waals surface area contributed by atoms with Gasteiger partial charge in [-0.2, -0.15) is 0 Å². The number of benzene rings is 2. The minimum Gasteiger partial charge on any atom is -0.478 e. The van der Waals surface area contributed by atoms with Gasteiger partial charge < -0.3 is 16.2 Å². The SMILES string of the molecule is CCCc1nc(N)sc1Cc1ccc(NC(=O)c2c(Cl)ccc(Cl)c2C(=O)O)cc1. The van der Waals surface area contributed by atoms with E-state index in [1.54, 1.807) is 12.1 Å². The Kier molecular flexibility index (Phi) is 6.97. The number of hydrogen-bond acceptors (Lipinski definition) is 5. The maximum Gasteiger partial charge on any atom is 0.338 e. The Morgan fingerprint density at radius 1 is 1.10 bits per heavy atom. The first-order valence-corrected chi connectivity index (χ1v) is 10.7. The summed E-state index contributed by atoms with van der Waals surface area (Å²) >= 11 is 13.5. The second-order valence-corrected chi connectivity index (χ2v) is 8.51. The van der Waals surface area contributed by atoms with E-state index in [0.29, 0.717) is 17.2 Å². The lowest BCUT2D eigenvalue weighted by molar-refractivity contribution is 0.0692. The average molecular weight is 464 g/mol. The largest absolute Gasteiger partial charge is 0.478 e. The maximum atomic E-state index is 12.7. The fraction of sp³-hybridized carbons (Fsp3) is 0.190. The first-order chi connectivity index (χ1) is 14.3. The quantitative estimate of drug-likeness (QED) is 0.427. The molecular formula is C21H19Cl2N3O3S. The smallest absolute Gasteiger partial charge is 0.338 e. The summed E-state index contributed by atoms with van der Waals surface area (Å²) in [6.07, 6.45) is 2.57. The predicted octanol–water partition coefficient (Wildman–Crippen LogP) is 5.53. The van der Waals surface area contributed by atoms with Gasteiger partial charge in [0, 0.05) is 17.0 Å². The number of nitrogens with one attached hydrogen (secondary N) is 1. The average Bonchev–Trinajstić information content (AvgIpc) is 3.03. The van der Waals surface area contributed by atoms with E-state index in [4.69, 9.17) is 28.9 Å². The molecule has 0 saturated carbocycles. The van der Waals surface area contributed by atoms with Crippen molar-refractivity contribution in [1.29, 1.82) is 0 Å². The number of aromatic nitrogens is 1. The molecule has 0 aliphatic rings. The van der Waals surface area contributed by atoms with E-state index in [1.165, 1.54) is 23.5 Å². The second kappa shape index (κ2) is 9.47. The number of anilines is 2. The molecule has 2 aromatic carbocycles. The summed E-state index contributed by atoms with van der Waals surface area (Å²) in [4.78, 5) is 29.7. The molecule has 156 valence electrons. The van der Waals surface area contributed by atoms with Crippen LogP contribution in [0.5, 0.6) is 0 Å². The Hall–Kier alpha value is -2.61. The fourth-order valence-electron chi connectivity index (χ4n) is 3.04. The molecule has 0 unspecified atom stereocenters. The van der Waals surface area contributed by atoms with E-state index in [1.807, 2.05) is 12.1 Å². The molecule has 6 nitrogen and oxygen atoms in total. The summed E-state index contributed by atoms with van der Waals surface area (Å²) < 4.78 is 0. The standard InChI is InChI=1S/C21H19Cl2N3O3S/c1-2-3-15-16(30-21(24)26-15)10-11-4-6-12(7-5-11)25-19(27)17-13(22)8-9-14(23)18(17)20(28)29/h4-9H,2-3,10H2,1H3,(H2,24,26)(H,25,27)(H,28,29). The van der Waals surface area contributed by atoms with Crippen LogP contribution in [0.1, 0.15) is 50.2 Å². The number of aryl methyl sites for hydroxylation is 1. The van der Waals surface area contributed by atoms with E-state index in [9.17, 15) is 14.7 Å². The number of aromatic carboxylic acids is 1. The van der Waals surface area contributed by atoms with Crippen molar-refractivity contribution < 1.29 is 14.7 Å². The number of halogens is 2. The maximum absolute atomic E-state index is 12.7. The summed E-state index contributed by atoms with van der Waals surface area (Å²) in [5, 5.41) is 12.6. The number of carbonyl (C=O) groups excluding carboxylic acids is 1. The molecule has 0 aliphatic carbocycles. The van der Waals surface area contributed by atoms with Crippen molar-refractivity contribution in [2.24, 2.45) is 0 Å². The van der Waals surface area contributed by atoms with Crippen LogP contribution in [-0.4, -0.2) is 22.0 Å². The van der Waals surface area contributed by atoms with Crippen LogP contribution in [0, 0.1) is 0 Å². The molecule has 0 saturated heterocycles. The minimum absolute atomic E-state index is 0.0113. The van der Waals surface area contributed by atoms with Crippen LogP contribution in [-0.2, 0) is 12.8 Å². The first kappa shape index (κ1) is 22.1. The number of carboxylic acid groups (broad SMARTS) is 1. The summed E-state index contributed by atoms with van der Waals surface area (Å²) in [5.74, 6) is -1.97. The molecule has 3 rings (SSSR count). The molecule has 0 bridgehead atoms. The molecule has 0 spiro atoms. The highest BCUT2D eigenvalue weighted by Gasteiger charge is 2.23. The van der Waals surface area contributed by atoms with Crippen molar-refractivity contribution in [2.45, 2.75) is 26.2 Å². The van der Waals surface area contributed by atoms with Gasteiger partial charge in [0.15, 0.2) is 5.13 Å². The molecule has 30 heavy (non-hydrogen) atoms. The fourth-order valence-corrected chi connectivity index (χ4v) is 4.44. The van der Waals surface area contributed by atoms with E-state index in [-0.39, 0.29) is 21.2 Å². The highest BCUT2D eigenvalue weighted by Crippen LogP contribution is 2.29. The van der Waals surface area contributed by atoms with Gasteiger partial charge in [-0.15, -0.1) is 11.3 Å². The zero-order chi connectivity index (χ0) is 21.8. The van der Waals surface area contributed by atoms with Crippen molar-refractivity contribution >= 4 is 57.2 Å². The van der Waals surface area contributed by atoms with Crippen molar-refractivity contribution in [1.82, 2.24) is 4.98 Å². The lowest BCUT2D eigenvalue weighted by Gasteiger charge is -2.11. The number of nitrogen functional groups attached to an aromatic ring is 1. The van der Waals surface area contributed by atoms with Crippen LogP contribution >= 0.6 is 34.5 Å². The number of amides is 1. The van der Waals surface area contributed by atoms with E-state index >= 15 is 0 Å². The first-order valence-electron chi connectivity index (χ1n) is 9.15. The van der Waals surface area contributed by atoms with Crippen LogP contribution in [0.15, 0.2) is 36.4 Å². The lowest BCUT2D eigenvalue weighted by Crippen LogP contribution is -2.17. The molecule has 0 radical (unpaired) electrons. The van der Waals surface area contributed by atoms with Crippen molar-refractivity contribution in [2.75, 3.05) is 11.1 Å². The third-order valence-electron chi connectivity index (χ3n) is 4.40. The third kappa shape index (κ3) is 4.92. The molecule has 9 heteroatoms. The molecule has 0 aliphatic heterocycles. The van der Waals surface area contributed by atoms with Gasteiger partial charge in [-0.1, -0.05) is 48.7 Å². The zero-order valence-corrected chi connectivity index (χ0v) is 18.4. The topological polar surface area (TPSA) is 105 Å². The Bertz CT molecular complexity index is 1100.